The summed E-state index contributed by atoms with van der Waals surface area (Å²) in [5.41, 5.74) is 4.62. The molecule has 1 atom stereocenters. The number of esters is 1. The third kappa shape index (κ3) is 4.23. The lowest BCUT2D eigenvalue weighted by Gasteiger charge is -2.33. The average molecular weight is 367 g/mol. The molecule has 144 valence electrons. The van der Waals surface area contributed by atoms with Crippen molar-refractivity contribution in [2.75, 3.05) is 0 Å². The van der Waals surface area contributed by atoms with Gasteiger partial charge in [0.2, 0.25) is 0 Å². The first-order chi connectivity index (χ1) is 12.7. The highest BCUT2D eigenvalue weighted by molar-refractivity contribution is 6.23. The van der Waals surface area contributed by atoms with Crippen molar-refractivity contribution in [1.82, 2.24) is 0 Å². The number of ether oxygens (including phenoxy) is 1. The van der Waals surface area contributed by atoms with Crippen LogP contribution in [0.5, 0.6) is 0 Å². The highest BCUT2D eigenvalue weighted by Gasteiger charge is 2.37. The number of hydrogen-bond donors (Lipinski definition) is 0. The first kappa shape index (κ1) is 19.6. The standard InChI is InChI=1S/C24H30O3/c1-15-11-16(2)21(17(3)12-15)22-19(25)13-24(4,5)14-20(22)27-23(26)18-9-7-6-8-10-18/h7,9,11-12,18H,6,8,10,13-14H2,1-5H3. The lowest BCUT2D eigenvalue weighted by atomic mass is 9.74. The van der Waals surface area contributed by atoms with Crippen molar-refractivity contribution in [3.63, 3.8) is 0 Å². The van der Waals surface area contributed by atoms with Gasteiger partial charge in [-0.25, -0.2) is 0 Å². The van der Waals surface area contributed by atoms with E-state index in [4.69, 9.17) is 4.74 Å². The summed E-state index contributed by atoms with van der Waals surface area (Å²) in [5.74, 6) is 0.192. The van der Waals surface area contributed by atoms with Crippen LogP contribution in [0.1, 0.15) is 68.2 Å². The fraction of sp³-hybridized carbons (Fsp3) is 0.500. The molecular weight excluding hydrogens is 336 g/mol. The number of carbonyl (C=O) groups is 2. The molecule has 0 fully saturated rings. The van der Waals surface area contributed by atoms with Crippen LogP contribution >= 0.6 is 0 Å². The van der Waals surface area contributed by atoms with Gasteiger partial charge in [-0.1, -0.05) is 43.7 Å². The van der Waals surface area contributed by atoms with Crippen molar-refractivity contribution in [2.45, 2.75) is 66.7 Å². The van der Waals surface area contributed by atoms with E-state index in [1.807, 2.05) is 19.9 Å². The molecule has 0 bridgehead atoms. The smallest absolute Gasteiger partial charge is 0.317 e. The molecule has 0 saturated heterocycles. The first-order valence-corrected chi connectivity index (χ1v) is 9.91. The van der Waals surface area contributed by atoms with Gasteiger partial charge >= 0.3 is 5.97 Å². The van der Waals surface area contributed by atoms with Crippen LogP contribution in [-0.4, -0.2) is 11.8 Å². The summed E-state index contributed by atoms with van der Waals surface area (Å²) in [7, 11) is 0. The molecule has 2 aliphatic rings. The van der Waals surface area contributed by atoms with Crippen molar-refractivity contribution in [3.05, 3.63) is 52.3 Å². The van der Waals surface area contributed by atoms with E-state index < -0.39 is 0 Å². The van der Waals surface area contributed by atoms with E-state index in [-0.39, 0.29) is 23.1 Å². The molecule has 2 aliphatic carbocycles. The predicted octanol–water partition coefficient (Wildman–Crippen LogP) is 5.61. The lowest BCUT2D eigenvalue weighted by molar-refractivity contribution is -0.143. The Morgan fingerprint density at radius 3 is 2.37 bits per heavy atom. The monoisotopic (exact) mass is 366 g/mol. The third-order valence-electron chi connectivity index (χ3n) is 5.54. The predicted molar refractivity (Wildman–Crippen MR) is 108 cm³/mol. The van der Waals surface area contributed by atoms with Gasteiger partial charge in [0.15, 0.2) is 5.78 Å². The Morgan fingerprint density at radius 2 is 1.78 bits per heavy atom. The fourth-order valence-electron chi connectivity index (χ4n) is 4.41. The molecule has 1 aromatic carbocycles. The molecule has 27 heavy (non-hydrogen) atoms. The number of aryl methyl sites for hydroxylation is 3. The highest BCUT2D eigenvalue weighted by atomic mass is 16.5. The van der Waals surface area contributed by atoms with E-state index in [0.29, 0.717) is 24.2 Å². The van der Waals surface area contributed by atoms with E-state index >= 15 is 0 Å². The summed E-state index contributed by atoms with van der Waals surface area (Å²) in [4.78, 5) is 25.9. The van der Waals surface area contributed by atoms with E-state index in [9.17, 15) is 9.59 Å². The fourth-order valence-corrected chi connectivity index (χ4v) is 4.41. The zero-order valence-electron chi connectivity index (χ0n) is 17.1. The second kappa shape index (κ2) is 7.46. The molecule has 1 unspecified atom stereocenters. The number of allylic oxidation sites excluding steroid dienone is 3. The average Bonchev–Trinajstić information content (AvgIpc) is 2.56. The Hall–Kier alpha value is -2.16. The maximum absolute atomic E-state index is 13.1. The summed E-state index contributed by atoms with van der Waals surface area (Å²) < 4.78 is 5.91. The zero-order chi connectivity index (χ0) is 19.8. The number of benzene rings is 1. The third-order valence-corrected chi connectivity index (χ3v) is 5.54. The molecule has 3 heteroatoms. The molecule has 0 radical (unpaired) electrons. The summed E-state index contributed by atoms with van der Waals surface area (Å²) in [6, 6.07) is 4.18. The quantitative estimate of drug-likeness (QED) is 0.516. The second-order valence-corrected chi connectivity index (χ2v) is 8.90. The number of carbonyl (C=O) groups excluding carboxylic acids is 2. The number of rotatable bonds is 3. The maximum atomic E-state index is 13.1. The van der Waals surface area contributed by atoms with E-state index in [1.54, 1.807) is 0 Å². The van der Waals surface area contributed by atoms with Crippen LogP contribution in [0.2, 0.25) is 0 Å². The molecule has 0 amide bonds. The van der Waals surface area contributed by atoms with E-state index in [2.05, 4.69) is 39.0 Å². The van der Waals surface area contributed by atoms with Crippen molar-refractivity contribution >= 4 is 17.3 Å². The molecule has 0 N–H and O–H groups in total. The summed E-state index contributed by atoms with van der Waals surface area (Å²) >= 11 is 0. The van der Waals surface area contributed by atoms with Gasteiger partial charge in [-0.05, 0) is 62.1 Å². The summed E-state index contributed by atoms with van der Waals surface area (Å²) in [5, 5.41) is 0. The van der Waals surface area contributed by atoms with Crippen LogP contribution in [0.25, 0.3) is 5.57 Å². The van der Waals surface area contributed by atoms with Gasteiger partial charge in [-0.2, -0.15) is 0 Å². The molecular formula is C24H30O3. The van der Waals surface area contributed by atoms with Crippen molar-refractivity contribution in [3.8, 4) is 0 Å². The second-order valence-electron chi connectivity index (χ2n) is 8.90. The Labute approximate surface area is 162 Å². The maximum Gasteiger partial charge on any atom is 0.317 e. The van der Waals surface area contributed by atoms with E-state index in [0.717, 1.165) is 36.0 Å². The van der Waals surface area contributed by atoms with Crippen molar-refractivity contribution in [1.29, 1.82) is 0 Å². The zero-order valence-corrected chi connectivity index (χ0v) is 17.1. The molecule has 3 nitrogen and oxygen atoms in total. The normalized spacial score (nSPS) is 22.1. The van der Waals surface area contributed by atoms with Crippen LogP contribution in [0, 0.1) is 32.1 Å². The minimum absolute atomic E-state index is 0.0725. The Balaban J connectivity index is 2.07. The molecule has 0 heterocycles. The Kier molecular flexibility index (Phi) is 5.41. The largest absolute Gasteiger partial charge is 0.430 e. The van der Waals surface area contributed by atoms with Gasteiger partial charge < -0.3 is 4.74 Å². The molecule has 0 aliphatic heterocycles. The van der Waals surface area contributed by atoms with Crippen molar-refractivity contribution in [2.24, 2.45) is 11.3 Å². The number of hydrogen-bond acceptors (Lipinski definition) is 3. The molecule has 1 aromatic rings. The highest BCUT2D eigenvalue weighted by Crippen LogP contribution is 2.43. The van der Waals surface area contributed by atoms with Crippen molar-refractivity contribution < 1.29 is 14.3 Å². The van der Waals surface area contributed by atoms with Crippen LogP contribution in [-0.2, 0) is 14.3 Å². The minimum atomic E-state index is -0.230. The number of ketones is 1. The summed E-state index contributed by atoms with van der Waals surface area (Å²) in [6.45, 7) is 10.2. The van der Waals surface area contributed by atoms with Gasteiger partial charge in [-0.15, -0.1) is 0 Å². The van der Waals surface area contributed by atoms with Gasteiger partial charge in [0.05, 0.1) is 11.5 Å². The topological polar surface area (TPSA) is 43.4 Å². The van der Waals surface area contributed by atoms with Crippen LogP contribution in [0.4, 0.5) is 0 Å². The van der Waals surface area contributed by atoms with Gasteiger partial charge in [0.1, 0.15) is 5.76 Å². The van der Waals surface area contributed by atoms with Gasteiger partial charge in [0.25, 0.3) is 0 Å². The first-order valence-electron chi connectivity index (χ1n) is 9.91. The van der Waals surface area contributed by atoms with Crippen LogP contribution < -0.4 is 0 Å². The Morgan fingerprint density at radius 1 is 1.11 bits per heavy atom. The number of Topliss-reactive ketones (excluding diaryl/α,β-unsaturated/α-hetero) is 1. The molecule has 0 saturated carbocycles. The van der Waals surface area contributed by atoms with E-state index in [1.165, 1.54) is 5.56 Å². The molecule has 0 aromatic heterocycles. The Bertz CT molecular complexity index is 816. The van der Waals surface area contributed by atoms with Crippen LogP contribution in [0.3, 0.4) is 0 Å². The minimum Gasteiger partial charge on any atom is -0.430 e. The van der Waals surface area contributed by atoms with Gasteiger partial charge in [-0.3, -0.25) is 9.59 Å². The SMILES string of the molecule is Cc1cc(C)c(C2=C(OC(=O)C3C=CCCC3)CC(C)(C)CC2=O)c(C)c1. The molecule has 0 spiro atoms. The van der Waals surface area contributed by atoms with Crippen LogP contribution in [0.15, 0.2) is 30.0 Å². The summed E-state index contributed by atoms with van der Waals surface area (Å²) in [6.07, 6.45) is 7.91. The van der Waals surface area contributed by atoms with Gasteiger partial charge in [0, 0.05) is 12.8 Å². The lowest BCUT2D eigenvalue weighted by Crippen LogP contribution is -2.29. The molecule has 3 rings (SSSR count).